The van der Waals surface area contributed by atoms with Gasteiger partial charge >= 0.3 is 0 Å². The molecule has 0 bridgehead atoms. The molecule has 2 rings (SSSR count). The summed E-state index contributed by atoms with van der Waals surface area (Å²) in [6.45, 7) is 3.79. The molecule has 0 N–H and O–H groups in total. The molecule has 1 heterocycles. The summed E-state index contributed by atoms with van der Waals surface area (Å²) in [4.78, 5) is 16.7. The quantitative estimate of drug-likeness (QED) is 0.723. The molecule has 1 aliphatic rings. The Bertz CT molecular complexity index is 492. The second-order valence-electron chi connectivity index (χ2n) is 5.34. The topological polar surface area (TPSA) is 23.6 Å². The van der Waals surface area contributed by atoms with E-state index in [2.05, 4.69) is 48.5 Å². The smallest absolute Gasteiger partial charge is 0.255 e. The van der Waals surface area contributed by atoms with Crippen LogP contribution in [-0.4, -0.2) is 48.9 Å². The number of hydrogen-bond donors (Lipinski definition) is 0. The predicted octanol–water partition coefficient (Wildman–Crippen LogP) is 2.97. The van der Waals surface area contributed by atoms with Crippen LogP contribution < -0.4 is 0 Å². The van der Waals surface area contributed by atoms with Crippen molar-refractivity contribution >= 4 is 40.1 Å². The van der Waals surface area contributed by atoms with Gasteiger partial charge in [0, 0.05) is 27.7 Å². The van der Waals surface area contributed by atoms with Crippen LogP contribution in [0.1, 0.15) is 17.3 Å². The van der Waals surface area contributed by atoms with E-state index in [-0.39, 0.29) is 5.91 Å². The molecule has 1 saturated heterocycles. The molecule has 2 atom stereocenters. The zero-order valence-electron chi connectivity index (χ0n) is 11.4. The lowest BCUT2D eigenvalue weighted by molar-refractivity contribution is 0.0780. The van der Waals surface area contributed by atoms with E-state index >= 15 is 0 Å². The van der Waals surface area contributed by atoms with E-state index in [1.54, 1.807) is 6.07 Å². The first-order valence-corrected chi connectivity index (χ1v) is 7.76. The molecule has 104 valence electrons. The van der Waals surface area contributed by atoms with E-state index in [1.165, 1.54) is 0 Å². The molecular weight excluding hydrogens is 375 g/mol. The number of halogens is 2. The van der Waals surface area contributed by atoms with Crippen LogP contribution in [0.5, 0.6) is 0 Å². The molecule has 2 unspecified atom stereocenters. The first kappa shape index (κ1) is 15.1. The highest BCUT2D eigenvalue weighted by Gasteiger charge is 2.34. The SMILES string of the molecule is CC1CN(C(=O)c2cc(Cl)ccc2I)CC1N(C)C. The van der Waals surface area contributed by atoms with Gasteiger partial charge in [0.25, 0.3) is 5.91 Å². The number of rotatable bonds is 2. The number of nitrogens with zero attached hydrogens (tertiary/aromatic N) is 2. The van der Waals surface area contributed by atoms with Gasteiger partial charge in [-0.1, -0.05) is 18.5 Å². The number of hydrogen-bond acceptors (Lipinski definition) is 2. The molecule has 1 aromatic rings. The molecule has 0 spiro atoms. The van der Waals surface area contributed by atoms with Crippen LogP contribution in [0.25, 0.3) is 0 Å². The van der Waals surface area contributed by atoms with Crippen LogP contribution in [0.2, 0.25) is 5.02 Å². The van der Waals surface area contributed by atoms with Gasteiger partial charge < -0.3 is 9.80 Å². The van der Waals surface area contributed by atoms with Gasteiger partial charge in [0.15, 0.2) is 0 Å². The second kappa shape index (κ2) is 5.97. The van der Waals surface area contributed by atoms with Gasteiger partial charge in [0.05, 0.1) is 5.56 Å². The summed E-state index contributed by atoms with van der Waals surface area (Å²) in [7, 11) is 4.14. The molecular formula is C14H18ClIN2O. The molecule has 1 amide bonds. The molecule has 0 aliphatic carbocycles. The Labute approximate surface area is 133 Å². The van der Waals surface area contributed by atoms with Crippen molar-refractivity contribution in [3.05, 3.63) is 32.4 Å². The highest BCUT2D eigenvalue weighted by atomic mass is 127. The summed E-state index contributed by atoms with van der Waals surface area (Å²) in [5.74, 6) is 0.582. The van der Waals surface area contributed by atoms with E-state index in [1.807, 2.05) is 17.0 Å². The lowest BCUT2D eigenvalue weighted by Crippen LogP contribution is -2.36. The zero-order valence-corrected chi connectivity index (χ0v) is 14.3. The van der Waals surface area contributed by atoms with Gasteiger partial charge in [-0.2, -0.15) is 0 Å². The first-order valence-electron chi connectivity index (χ1n) is 6.31. The Morgan fingerprint density at radius 2 is 2.11 bits per heavy atom. The van der Waals surface area contributed by atoms with E-state index in [9.17, 15) is 4.79 Å². The van der Waals surface area contributed by atoms with E-state index in [0.717, 1.165) is 16.7 Å². The van der Waals surface area contributed by atoms with Crippen LogP contribution in [0.15, 0.2) is 18.2 Å². The summed E-state index contributed by atoms with van der Waals surface area (Å²) >= 11 is 8.18. The highest BCUT2D eigenvalue weighted by Crippen LogP contribution is 2.25. The van der Waals surface area contributed by atoms with Crippen molar-refractivity contribution in [1.29, 1.82) is 0 Å². The van der Waals surface area contributed by atoms with Gasteiger partial charge in [-0.3, -0.25) is 4.79 Å². The van der Waals surface area contributed by atoms with Crippen molar-refractivity contribution in [1.82, 2.24) is 9.80 Å². The van der Waals surface area contributed by atoms with Crippen LogP contribution in [0.4, 0.5) is 0 Å². The predicted molar refractivity (Wildman–Crippen MR) is 86.7 cm³/mol. The standard InChI is InChI=1S/C14H18ClIN2O/c1-9-7-18(8-13(9)17(2)3)14(19)11-6-10(15)4-5-12(11)16/h4-6,9,13H,7-8H2,1-3H3. The molecule has 1 aliphatic heterocycles. The fourth-order valence-corrected chi connectivity index (χ4v) is 3.36. The van der Waals surface area contributed by atoms with Crippen molar-refractivity contribution < 1.29 is 4.79 Å². The van der Waals surface area contributed by atoms with Gasteiger partial charge in [-0.25, -0.2) is 0 Å². The van der Waals surface area contributed by atoms with E-state index in [4.69, 9.17) is 11.6 Å². The molecule has 0 aromatic heterocycles. The molecule has 19 heavy (non-hydrogen) atoms. The largest absolute Gasteiger partial charge is 0.337 e. The molecule has 0 saturated carbocycles. The van der Waals surface area contributed by atoms with Gasteiger partial charge in [-0.05, 0) is 60.8 Å². The normalized spacial score (nSPS) is 23.2. The van der Waals surface area contributed by atoms with Crippen molar-refractivity contribution in [2.45, 2.75) is 13.0 Å². The molecule has 1 aromatic carbocycles. The third-order valence-electron chi connectivity index (χ3n) is 3.68. The van der Waals surface area contributed by atoms with Crippen LogP contribution >= 0.6 is 34.2 Å². The Morgan fingerprint density at radius 3 is 2.68 bits per heavy atom. The fraction of sp³-hybridized carbons (Fsp3) is 0.500. The number of likely N-dealkylation sites (N-methyl/N-ethyl adjacent to an activating group) is 1. The second-order valence-corrected chi connectivity index (χ2v) is 6.94. The maximum absolute atomic E-state index is 12.6. The lowest BCUT2D eigenvalue weighted by Gasteiger charge is -2.22. The monoisotopic (exact) mass is 392 g/mol. The van der Waals surface area contributed by atoms with Crippen molar-refractivity contribution in [3.63, 3.8) is 0 Å². The first-order chi connectivity index (χ1) is 8.90. The minimum absolute atomic E-state index is 0.0862. The number of carbonyl (C=O) groups is 1. The molecule has 5 heteroatoms. The summed E-state index contributed by atoms with van der Waals surface area (Å²) in [5.41, 5.74) is 0.708. The summed E-state index contributed by atoms with van der Waals surface area (Å²) in [6.07, 6.45) is 0. The Hall–Kier alpha value is -0.330. The van der Waals surface area contributed by atoms with Gasteiger partial charge in [0.2, 0.25) is 0 Å². The highest BCUT2D eigenvalue weighted by molar-refractivity contribution is 14.1. The molecule has 0 radical (unpaired) electrons. The van der Waals surface area contributed by atoms with E-state index < -0.39 is 0 Å². The summed E-state index contributed by atoms with van der Waals surface area (Å²) in [5, 5.41) is 0.611. The lowest BCUT2D eigenvalue weighted by atomic mass is 10.1. The third kappa shape index (κ3) is 3.23. The average Bonchev–Trinajstić information content (AvgIpc) is 2.74. The molecule has 3 nitrogen and oxygen atoms in total. The van der Waals surface area contributed by atoms with Crippen LogP contribution in [0.3, 0.4) is 0 Å². The average molecular weight is 393 g/mol. The van der Waals surface area contributed by atoms with Crippen molar-refractivity contribution in [2.24, 2.45) is 5.92 Å². The number of amides is 1. The zero-order chi connectivity index (χ0) is 14.2. The maximum atomic E-state index is 12.6. The van der Waals surface area contributed by atoms with Crippen molar-refractivity contribution in [2.75, 3.05) is 27.2 Å². The van der Waals surface area contributed by atoms with E-state index in [0.29, 0.717) is 22.5 Å². The third-order valence-corrected chi connectivity index (χ3v) is 4.86. The minimum Gasteiger partial charge on any atom is -0.337 e. The van der Waals surface area contributed by atoms with Crippen LogP contribution in [-0.2, 0) is 0 Å². The maximum Gasteiger partial charge on any atom is 0.255 e. The Morgan fingerprint density at radius 1 is 1.42 bits per heavy atom. The Kier molecular flexibility index (Phi) is 4.74. The Balaban J connectivity index is 2.19. The fourth-order valence-electron chi connectivity index (χ4n) is 2.62. The molecule has 1 fully saturated rings. The van der Waals surface area contributed by atoms with Crippen molar-refractivity contribution in [3.8, 4) is 0 Å². The van der Waals surface area contributed by atoms with Crippen LogP contribution in [0, 0.1) is 9.49 Å². The summed E-state index contributed by atoms with van der Waals surface area (Å²) in [6, 6.07) is 5.90. The number of carbonyl (C=O) groups excluding carboxylic acids is 1. The number of likely N-dealkylation sites (tertiary alicyclic amines) is 1. The number of benzene rings is 1. The van der Waals surface area contributed by atoms with Gasteiger partial charge in [0.1, 0.15) is 0 Å². The van der Waals surface area contributed by atoms with Gasteiger partial charge in [-0.15, -0.1) is 0 Å². The summed E-state index contributed by atoms with van der Waals surface area (Å²) < 4.78 is 0.952. The minimum atomic E-state index is 0.0862.